The van der Waals surface area contributed by atoms with Gasteiger partial charge in [-0.2, -0.15) is 10.3 Å². The maximum absolute atomic E-state index is 12.6. The number of amides is 3. The zero-order chi connectivity index (χ0) is 21.9. The molecule has 0 spiro atoms. The Morgan fingerprint density at radius 1 is 1.16 bits per heavy atom. The Bertz CT molecular complexity index is 719. The van der Waals surface area contributed by atoms with Crippen molar-refractivity contribution < 1.29 is 51.0 Å². The van der Waals surface area contributed by atoms with Crippen molar-refractivity contribution in [2.24, 2.45) is 5.14 Å². The van der Waals surface area contributed by atoms with E-state index in [1.54, 1.807) is 70.0 Å². The molecule has 2 fully saturated rings. The number of carbonyl (C=O) groups is 2. The van der Waals surface area contributed by atoms with Crippen LogP contribution in [-0.4, -0.2) is 48.3 Å². The van der Waals surface area contributed by atoms with Crippen LogP contribution >= 0.6 is 72.3 Å². The predicted octanol–water partition coefficient (Wildman–Crippen LogP) is 3.93. The number of nitrogens with two attached hydrogens (primary N) is 1. The SMILES string of the molecule is NSSSSSS[S-].O=[C-]NC1CC2C(=O)N(c3ccc(SF)cc3)CC(=O)N2C1.[Y]. The zero-order valence-corrected chi connectivity index (χ0v) is 24.9. The van der Waals surface area contributed by atoms with E-state index in [2.05, 4.69) is 17.0 Å². The molecule has 2 heterocycles. The largest absolute Gasteiger partial charge is 0.706 e. The number of hydrogen-bond donors (Lipinski definition) is 2. The summed E-state index contributed by atoms with van der Waals surface area (Å²) < 4.78 is 12.5. The van der Waals surface area contributed by atoms with Crippen molar-refractivity contribution >= 4 is 108 Å². The first-order valence-electron chi connectivity index (χ1n) is 7.99. The normalized spacial score (nSPS) is 19.8. The van der Waals surface area contributed by atoms with Crippen LogP contribution in [0, 0.1) is 0 Å². The third-order valence-corrected chi connectivity index (χ3v) is 14.5. The summed E-state index contributed by atoms with van der Waals surface area (Å²) in [6, 6.07) is 5.54. The van der Waals surface area contributed by atoms with Gasteiger partial charge in [0.15, 0.2) is 0 Å². The number of nitrogens with zero attached hydrogens (tertiary/aromatic N) is 2. The van der Waals surface area contributed by atoms with E-state index in [4.69, 9.17) is 5.14 Å². The fraction of sp³-hybridized carbons (Fsp3) is 0.357. The van der Waals surface area contributed by atoms with Crippen LogP contribution in [0.4, 0.5) is 9.57 Å². The van der Waals surface area contributed by atoms with Gasteiger partial charge in [-0.1, -0.05) is 0 Å². The number of piperazine rings is 1. The van der Waals surface area contributed by atoms with Gasteiger partial charge in [0.25, 0.3) is 0 Å². The molecule has 2 atom stereocenters. The fourth-order valence-corrected chi connectivity index (χ4v) is 12.7. The van der Waals surface area contributed by atoms with Crippen LogP contribution < -0.4 is 15.4 Å². The second-order valence-electron chi connectivity index (χ2n) is 5.67. The molecule has 3 amide bonds. The van der Waals surface area contributed by atoms with Crippen LogP contribution in [0.2, 0.25) is 0 Å². The Labute approximate surface area is 237 Å². The molecular formula is C14H15FN4O3S8Y-2. The molecule has 0 bridgehead atoms. The van der Waals surface area contributed by atoms with Gasteiger partial charge in [0.05, 0.1) is 12.1 Å². The minimum atomic E-state index is -0.567. The second-order valence-corrected chi connectivity index (χ2v) is 15.9. The third kappa shape index (κ3) is 9.53. The Morgan fingerprint density at radius 3 is 2.42 bits per heavy atom. The predicted molar refractivity (Wildman–Crippen MR) is 136 cm³/mol. The Hall–Kier alpha value is 1.42. The van der Waals surface area contributed by atoms with Gasteiger partial charge >= 0.3 is 0 Å². The second kappa shape index (κ2) is 17.0. The first kappa shape index (κ1) is 30.5. The van der Waals surface area contributed by atoms with Gasteiger partial charge < -0.3 is 31.6 Å². The van der Waals surface area contributed by atoms with Gasteiger partial charge in [-0.3, -0.25) is 24.6 Å². The number of carbonyl (C=O) groups excluding carboxylic acids is 3. The van der Waals surface area contributed by atoms with Gasteiger partial charge in [0.1, 0.15) is 12.6 Å². The molecular weight excluding hydrogens is 637 g/mol. The standard InChI is InChI=1S/C14H13FN3O3S.H3NS7.Y/c15-22-11-3-1-10(2-4-11)17-7-13(20)18-6-9(16-8-19)5-12(18)14(17)21;1-3-5-7-8-6-4-2;/h1-4,9,12H,5-7H2,(H,16,19);2H,1H2;/q-1;;/p-1. The molecule has 1 aromatic carbocycles. The molecule has 2 aliphatic rings. The quantitative estimate of drug-likeness (QED) is 0.101. The molecule has 0 aliphatic carbocycles. The van der Waals surface area contributed by atoms with Crippen molar-refractivity contribution in [1.29, 1.82) is 0 Å². The van der Waals surface area contributed by atoms with E-state index < -0.39 is 6.04 Å². The van der Waals surface area contributed by atoms with E-state index in [1.807, 2.05) is 0 Å². The van der Waals surface area contributed by atoms with E-state index in [1.165, 1.54) is 30.6 Å². The number of hydrogen-bond acceptors (Lipinski definition) is 12. The third-order valence-electron chi connectivity index (χ3n) is 4.12. The van der Waals surface area contributed by atoms with Gasteiger partial charge in [-0.05, 0) is 61.3 Å². The van der Waals surface area contributed by atoms with E-state index in [0.29, 0.717) is 23.5 Å². The molecule has 2 saturated heterocycles. The first-order valence-corrected chi connectivity index (χ1v) is 17.2. The number of fused-ring (bicyclic) bond motifs is 1. The van der Waals surface area contributed by atoms with Gasteiger partial charge in [0.2, 0.25) is 11.8 Å². The average molecular weight is 652 g/mol. The first-order chi connectivity index (χ1) is 14.5. The van der Waals surface area contributed by atoms with E-state index in [9.17, 15) is 18.3 Å². The molecule has 1 radical (unpaired) electrons. The summed E-state index contributed by atoms with van der Waals surface area (Å²) in [5, 5.41) is 7.61. The van der Waals surface area contributed by atoms with Crippen LogP contribution in [0.1, 0.15) is 6.42 Å². The molecule has 7 nitrogen and oxygen atoms in total. The number of rotatable bonds is 9. The summed E-state index contributed by atoms with van der Waals surface area (Å²) in [5.41, 5.74) is 0.564. The van der Waals surface area contributed by atoms with Crippen LogP contribution in [0.15, 0.2) is 29.2 Å². The number of halogens is 1. The number of anilines is 1. The minimum absolute atomic E-state index is 0. The zero-order valence-electron chi connectivity index (χ0n) is 15.5. The minimum Gasteiger partial charge on any atom is -0.706 e. The molecule has 2 aliphatic heterocycles. The Balaban J connectivity index is 0.000000461. The molecule has 3 N–H and O–H groups in total. The van der Waals surface area contributed by atoms with Crippen molar-refractivity contribution in [3.8, 4) is 0 Å². The summed E-state index contributed by atoms with van der Waals surface area (Å²) in [6.07, 6.45) is 1.99. The van der Waals surface area contributed by atoms with Gasteiger partial charge in [-0.15, -0.1) is 0 Å². The maximum Gasteiger partial charge on any atom is 0.250 e. The number of nitrogens with one attached hydrogen (secondary N) is 1. The molecule has 169 valence electrons. The van der Waals surface area contributed by atoms with Gasteiger partial charge in [-0.25, -0.2) is 0 Å². The van der Waals surface area contributed by atoms with E-state index in [-0.39, 0.29) is 69.3 Å². The Kier molecular flexibility index (Phi) is 16.7. The molecule has 1 aromatic rings. The maximum atomic E-state index is 12.6. The Morgan fingerprint density at radius 2 is 1.84 bits per heavy atom. The van der Waals surface area contributed by atoms with Crippen molar-refractivity contribution in [1.82, 2.24) is 10.2 Å². The molecule has 0 saturated carbocycles. The molecule has 31 heavy (non-hydrogen) atoms. The summed E-state index contributed by atoms with van der Waals surface area (Å²) >= 11 is 4.72. The summed E-state index contributed by atoms with van der Waals surface area (Å²) in [6.45, 7) is 0.282. The molecule has 2 unspecified atom stereocenters. The van der Waals surface area contributed by atoms with Crippen LogP contribution in [-0.2, 0) is 58.8 Å². The smallest absolute Gasteiger partial charge is 0.250 e. The van der Waals surface area contributed by atoms with Crippen molar-refractivity contribution in [2.45, 2.75) is 23.4 Å². The summed E-state index contributed by atoms with van der Waals surface area (Å²) in [4.78, 5) is 38.6. The van der Waals surface area contributed by atoms with E-state index in [0.717, 1.165) is 0 Å². The van der Waals surface area contributed by atoms with Crippen molar-refractivity contribution in [3.05, 3.63) is 24.3 Å². The van der Waals surface area contributed by atoms with Crippen LogP contribution in [0.25, 0.3) is 0 Å². The summed E-state index contributed by atoms with van der Waals surface area (Å²) in [7, 11) is 8.95. The van der Waals surface area contributed by atoms with Gasteiger partial charge in [0, 0.05) is 75.5 Å². The van der Waals surface area contributed by atoms with E-state index >= 15 is 0 Å². The number of benzene rings is 1. The van der Waals surface area contributed by atoms with Crippen LogP contribution in [0.3, 0.4) is 0 Å². The van der Waals surface area contributed by atoms with Crippen LogP contribution in [0.5, 0.6) is 0 Å². The fourth-order valence-electron chi connectivity index (χ4n) is 2.96. The van der Waals surface area contributed by atoms with Crippen molar-refractivity contribution in [3.63, 3.8) is 0 Å². The monoisotopic (exact) mass is 651 g/mol. The molecule has 17 heteroatoms. The average Bonchev–Trinajstić information content (AvgIpc) is 3.20. The molecule has 0 aromatic heterocycles. The molecule has 3 rings (SSSR count). The topological polar surface area (TPSA) is 95.7 Å². The summed E-state index contributed by atoms with van der Waals surface area (Å²) in [5.74, 6) is -0.348. The van der Waals surface area contributed by atoms with Crippen molar-refractivity contribution in [2.75, 3.05) is 18.0 Å².